The average molecular weight is 262 g/mol. The standard InChI is InChI=1S/C14H15FN2O2/c1-2-7-17-8-6-16-12(17)9-10-4-3-5-11(15)13(10)14(18)19/h3-6,8H,2,7,9H2,1H3,(H,18,19). The van der Waals surface area contributed by atoms with E-state index in [1.54, 1.807) is 12.3 Å². The smallest absolute Gasteiger partial charge is 0.338 e. The Hall–Kier alpha value is -2.17. The normalized spacial score (nSPS) is 10.6. The van der Waals surface area contributed by atoms with E-state index in [-0.39, 0.29) is 5.56 Å². The minimum absolute atomic E-state index is 0.270. The van der Waals surface area contributed by atoms with E-state index in [2.05, 4.69) is 11.9 Å². The number of rotatable bonds is 5. The van der Waals surface area contributed by atoms with E-state index in [0.717, 1.165) is 24.9 Å². The van der Waals surface area contributed by atoms with Crippen molar-refractivity contribution in [3.05, 3.63) is 53.4 Å². The lowest BCUT2D eigenvalue weighted by molar-refractivity contribution is 0.0690. The van der Waals surface area contributed by atoms with Crippen molar-refractivity contribution in [1.82, 2.24) is 9.55 Å². The molecule has 19 heavy (non-hydrogen) atoms. The van der Waals surface area contributed by atoms with Crippen LogP contribution in [0.1, 0.15) is 35.1 Å². The van der Waals surface area contributed by atoms with Crippen LogP contribution >= 0.6 is 0 Å². The van der Waals surface area contributed by atoms with Crippen LogP contribution < -0.4 is 0 Å². The number of hydrogen-bond donors (Lipinski definition) is 1. The first-order chi connectivity index (χ1) is 9.13. The predicted octanol–water partition coefficient (Wildman–Crippen LogP) is 2.72. The van der Waals surface area contributed by atoms with E-state index in [9.17, 15) is 9.18 Å². The van der Waals surface area contributed by atoms with Gasteiger partial charge in [-0.05, 0) is 18.1 Å². The van der Waals surface area contributed by atoms with Gasteiger partial charge >= 0.3 is 5.97 Å². The molecule has 0 unspecified atom stereocenters. The Bertz CT molecular complexity index is 593. The summed E-state index contributed by atoms with van der Waals surface area (Å²) >= 11 is 0. The van der Waals surface area contributed by atoms with Crippen molar-refractivity contribution in [3.63, 3.8) is 0 Å². The molecule has 0 atom stereocenters. The molecule has 2 rings (SSSR count). The number of aryl methyl sites for hydroxylation is 1. The largest absolute Gasteiger partial charge is 0.478 e. The first-order valence-electron chi connectivity index (χ1n) is 6.14. The van der Waals surface area contributed by atoms with Crippen molar-refractivity contribution in [3.8, 4) is 0 Å². The number of benzene rings is 1. The molecule has 2 aromatic rings. The number of hydrogen-bond acceptors (Lipinski definition) is 2. The van der Waals surface area contributed by atoms with Crippen LogP contribution in [0.4, 0.5) is 4.39 Å². The van der Waals surface area contributed by atoms with Crippen LogP contribution in [0.3, 0.4) is 0 Å². The number of aromatic nitrogens is 2. The number of nitrogens with zero attached hydrogens (tertiary/aromatic N) is 2. The van der Waals surface area contributed by atoms with E-state index in [4.69, 9.17) is 5.11 Å². The molecule has 0 saturated heterocycles. The number of carboxylic acid groups (broad SMARTS) is 1. The molecule has 0 radical (unpaired) electrons. The van der Waals surface area contributed by atoms with Gasteiger partial charge in [-0.25, -0.2) is 14.2 Å². The van der Waals surface area contributed by atoms with Gasteiger partial charge < -0.3 is 9.67 Å². The van der Waals surface area contributed by atoms with E-state index < -0.39 is 11.8 Å². The zero-order chi connectivity index (χ0) is 13.8. The molecule has 4 nitrogen and oxygen atoms in total. The van der Waals surface area contributed by atoms with Crippen LogP contribution in [0.2, 0.25) is 0 Å². The van der Waals surface area contributed by atoms with Gasteiger partial charge in [-0.3, -0.25) is 0 Å². The Morgan fingerprint density at radius 1 is 1.47 bits per heavy atom. The topological polar surface area (TPSA) is 55.1 Å². The molecule has 100 valence electrons. The van der Waals surface area contributed by atoms with Crippen molar-refractivity contribution in [2.45, 2.75) is 26.3 Å². The minimum Gasteiger partial charge on any atom is -0.478 e. The Labute approximate surface area is 110 Å². The van der Waals surface area contributed by atoms with Crippen LogP contribution in [0.5, 0.6) is 0 Å². The summed E-state index contributed by atoms with van der Waals surface area (Å²) in [6.07, 6.45) is 4.79. The number of halogens is 1. The van der Waals surface area contributed by atoms with Crippen LogP contribution in [-0.4, -0.2) is 20.6 Å². The third-order valence-electron chi connectivity index (χ3n) is 2.93. The first kappa shape index (κ1) is 13.3. The summed E-state index contributed by atoms with van der Waals surface area (Å²) in [5.41, 5.74) is 0.171. The zero-order valence-electron chi connectivity index (χ0n) is 10.6. The molecule has 0 bridgehead atoms. The molecule has 1 aromatic heterocycles. The third-order valence-corrected chi connectivity index (χ3v) is 2.93. The fourth-order valence-electron chi connectivity index (χ4n) is 2.08. The molecular formula is C14H15FN2O2. The molecule has 0 aliphatic carbocycles. The second kappa shape index (κ2) is 5.65. The van der Waals surface area contributed by atoms with E-state index in [1.165, 1.54) is 6.07 Å². The fourth-order valence-corrected chi connectivity index (χ4v) is 2.08. The summed E-state index contributed by atoms with van der Waals surface area (Å²) in [5, 5.41) is 9.08. The van der Waals surface area contributed by atoms with Crippen LogP contribution in [0, 0.1) is 5.82 Å². The Morgan fingerprint density at radius 3 is 2.95 bits per heavy atom. The Balaban J connectivity index is 2.35. The van der Waals surface area contributed by atoms with E-state index in [0.29, 0.717) is 12.0 Å². The lowest BCUT2D eigenvalue weighted by Gasteiger charge is -2.09. The molecule has 1 aromatic carbocycles. The van der Waals surface area contributed by atoms with Crippen molar-refractivity contribution < 1.29 is 14.3 Å². The van der Waals surface area contributed by atoms with Crippen molar-refractivity contribution in [2.75, 3.05) is 0 Å². The van der Waals surface area contributed by atoms with Crippen LogP contribution in [0.15, 0.2) is 30.6 Å². The molecule has 1 heterocycles. The highest BCUT2D eigenvalue weighted by Gasteiger charge is 2.17. The van der Waals surface area contributed by atoms with Gasteiger partial charge in [0.1, 0.15) is 11.6 Å². The summed E-state index contributed by atoms with van der Waals surface area (Å²) in [5.74, 6) is -1.21. The molecule has 0 fully saturated rings. The maximum Gasteiger partial charge on any atom is 0.338 e. The van der Waals surface area contributed by atoms with Crippen LogP contribution in [-0.2, 0) is 13.0 Å². The SMILES string of the molecule is CCCn1ccnc1Cc1cccc(F)c1C(=O)O. The van der Waals surface area contributed by atoms with Gasteiger partial charge in [0.15, 0.2) is 0 Å². The molecule has 0 amide bonds. The molecule has 0 saturated carbocycles. The first-order valence-corrected chi connectivity index (χ1v) is 6.14. The van der Waals surface area contributed by atoms with Crippen molar-refractivity contribution in [1.29, 1.82) is 0 Å². The van der Waals surface area contributed by atoms with Gasteiger partial charge in [0.25, 0.3) is 0 Å². The summed E-state index contributed by atoms with van der Waals surface area (Å²) < 4.78 is 15.5. The van der Waals surface area contributed by atoms with Crippen molar-refractivity contribution >= 4 is 5.97 Å². The molecule has 5 heteroatoms. The molecule has 1 N–H and O–H groups in total. The molecule has 0 spiro atoms. The van der Waals surface area contributed by atoms with Gasteiger partial charge in [-0.2, -0.15) is 0 Å². The van der Waals surface area contributed by atoms with Gasteiger partial charge in [0, 0.05) is 25.4 Å². The number of imidazole rings is 1. The maximum absolute atomic E-state index is 13.6. The highest BCUT2D eigenvalue weighted by molar-refractivity contribution is 5.89. The molecule has 0 aliphatic rings. The third kappa shape index (κ3) is 2.81. The number of aromatic carboxylic acids is 1. The lowest BCUT2D eigenvalue weighted by Crippen LogP contribution is -2.09. The second-order valence-electron chi connectivity index (χ2n) is 4.29. The fraction of sp³-hybridized carbons (Fsp3) is 0.286. The van der Waals surface area contributed by atoms with Crippen LogP contribution in [0.25, 0.3) is 0 Å². The number of carbonyl (C=O) groups is 1. The van der Waals surface area contributed by atoms with Gasteiger partial charge in [0.2, 0.25) is 0 Å². The Morgan fingerprint density at radius 2 is 2.26 bits per heavy atom. The Kier molecular flexibility index (Phi) is 3.94. The predicted molar refractivity (Wildman–Crippen MR) is 68.7 cm³/mol. The number of carboxylic acids is 1. The molecule has 0 aliphatic heterocycles. The summed E-state index contributed by atoms with van der Waals surface area (Å²) in [6.45, 7) is 2.86. The lowest BCUT2D eigenvalue weighted by atomic mass is 10.0. The highest BCUT2D eigenvalue weighted by atomic mass is 19.1. The minimum atomic E-state index is -1.25. The highest BCUT2D eigenvalue weighted by Crippen LogP contribution is 2.17. The van der Waals surface area contributed by atoms with Gasteiger partial charge in [-0.15, -0.1) is 0 Å². The summed E-state index contributed by atoms with van der Waals surface area (Å²) in [7, 11) is 0. The van der Waals surface area contributed by atoms with E-state index in [1.807, 2.05) is 10.8 Å². The summed E-state index contributed by atoms with van der Waals surface area (Å²) in [4.78, 5) is 15.3. The molecular weight excluding hydrogens is 247 g/mol. The summed E-state index contributed by atoms with van der Waals surface area (Å²) in [6, 6.07) is 4.30. The maximum atomic E-state index is 13.6. The van der Waals surface area contributed by atoms with Crippen molar-refractivity contribution in [2.24, 2.45) is 0 Å². The van der Waals surface area contributed by atoms with Gasteiger partial charge in [-0.1, -0.05) is 19.1 Å². The van der Waals surface area contributed by atoms with E-state index >= 15 is 0 Å². The average Bonchev–Trinajstić information content (AvgIpc) is 2.77. The quantitative estimate of drug-likeness (QED) is 0.901. The monoisotopic (exact) mass is 262 g/mol. The second-order valence-corrected chi connectivity index (χ2v) is 4.29. The zero-order valence-corrected chi connectivity index (χ0v) is 10.6. The van der Waals surface area contributed by atoms with Gasteiger partial charge in [0.05, 0.1) is 5.56 Å².